The van der Waals surface area contributed by atoms with Gasteiger partial charge in [-0.2, -0.15) is 0 Å². The number of hydrogen-bond donors (Lipinski definition) is 1. The molecule has 1 N–H and O–H groups in total. The summed E-state index contributed by atoms with van der Waals surface area (Å²) in [6, 6.07) is 17.6. The molecule has 148 valence electrons. The van der Waals surface area contributed by atoms with Crippen LogP contribution in [0.15, 0.2) is 54.6 Å². The van der Waals surface area contributed by atoms with E-state index in [0.717, 1.165) is 36.3 Å². The molecule has 1 aliphatic heterocycles. The summed E-state index contributed by atoms with van der Waals surface area (Å²) in [5.74, 6) is 0.0351. The molecule has 0 unspecified atom stereocenters. The van der Waals surface area contributed by atoms with Crippen molar-refractivity contribution in [1.29, 1.82) is 0 Å². The molecule has 1 heterocycles. The molecular formula is C23H28N2O3. The van der Waals surface area contributed by atoms with Crippen molar-refractivity contribution < 1.29 is 14.3 Å². The fourth-order valence-corrected chi connectivity index (χ4v) is 3.40. The highest BCUT2D eigenvalue weighted by molar-refractivity contribution is 5.93. The van der Waals surface area contributed by atoms with Crippen LogP contribution >= 0.6 is 0 Å². The molecule has 1 fully saturated rings. The van der Waals surface area contributed by atoms with Gasteiger partial charge in [-0.15, -0.1) is 0 Å². The number of amides is 2. The van der Waals surface area contributed by atoms with Gasteiger partial charge in [0.15, 0.2) is 0 Å². The minimum Gasteiger partial charge on any atom is -0.376 e. The Bertz CT molecular complexity index is 785. The molecule has 0 spiro atoms. The number of benzene rings is 2. The smallest absolute Gasteiger partial charge is 0.227 e. The average Bonchev–Trinajstić information content (AvgIpc) is 3.24. The fraction of sp³-hybridized carbons (Fsp3) is 0.391. The lowest BCUT2D eigenvalue weighted by atomic mass is 10.1. The summed E-state index contributed by atoms with van der Waals surface area (Å²) in [5, 5.41) is 2.95. The van der Waals surface area contributed by atoms with Crippen LogP contribution in [0.5, 0.6) is 0 Å². The molecule has 0 aliphatic carbocycles. The van der Waals surface area contributed by atoms with E-state index in [4.69, 9.17) is 4.74 Å². The Hall–Kier alpha value is -2.66. The monoisotopic (exact) mass is 380 g/mol. The largest absolute Gasteiger partial charge is 0.376 e. The summed E-state index contributed by atoms with van der Waals surface area (Å²) in [6.07, 6.45) is 2.92. The molecular weight excluding hydrogens is 352 g/mol. The minimum absolute atomic E-state index is 0.0240. The Kier molecular flexibility index (Phi) is 7.20. The molecule has 0 radical (unpaired) electrons. The van der Waals surface area contributed by atoms with E-state index in [2.05, 4.69) is 5.32 Å². The van der Waals surface area contributed by atoms with Gasteiger partial charge in [0, 0.05) is 25.3 Å². The van der Waals surface area contributed by atoms with Gasteiger partial charge in [0.2, 0.25) is 11.8 Å². The molecule has 2 aromatic rings. The van der Waals surface area contributed by atoms with Crippen LogP contribution in [-0.4, -0.2) is 31.1 Å². The summed E-state index contributed by atoms with van der Waals surface area (Å²) in [4.78, 5) is 26.6. The maximum absolute atomic E-state index is 12.5. The van der Waals surface area contributed by atoms with Crippen molar-refractivity contribution in [2.75, 3.05) is 18.1 Å². The minimum atomic E-state index is -0.0240. The molecule has 28 heavy (non-hydrogen) atoms. The fourth-order valence-electron chi connectivity index (χ4n) is 3.40. The van der Waals surface area contributed by atoms with Crippen molar-refractivity contribution in [2.45, 2.75) is 45.3 Å². The molecule has 0 saturated carbocycles. The first-order valence-corrected chi connectivity index (χ1v) is 9.97. The molecule has 5 heteroatoms. The van der Waals surface area contributed by atoms with Crippen molar-refractivity contribution >= 4 is 17.5 Å². The standard InChI is InChI=1S/C23H28N2O3/c1-2-23(27)25(17-18-8-4-3-5-9-18)20-11-6-10-19(14-20)15-22(26)24-16-21-12-7-13-28-21/h3-6,8-11,14,21H,2,7,12-13,15-17H2,1H3,(H,24,26)/t21-/m1/s1. The van der Waals surface area contributed by atoms with Crippen LogP contribution in [0.3, 0.4) is 0 Å². The van der Waals surface area contributed by atoms with Gasteiger partial charge >= 0.3 is 0 Å². The van der Waals surface area contributed by atoms with Gasteiger partial charge in [-0.1, -0.05) is 49.4 Å². The number of nitrogens with zero attached hydrogens (tertiary/aromatic N) is 1. The Morgan fingerprint density at radius 1 is 1.11 bits per heavy atom. The Labute approximate surface area is 166 Å². The number of ether oxygens (including phenoxy) is 1. The Balaban J connectivity index is 1.66. The predicted octanol–water partition coefficient (Wildman–Crippen LogP) is 3.47. The van der Waals surface area contributed by atoms with Crippen molar-refractivity contribution in [3.05, 3.63) is 65.7 Å². The van der Waals surface area contributed by atoms with E-state index in [1.54, 1.807) is 4.90 Å². The van der Waals surface area contributed by atoms with E-state index < -0.39 is 0 Å². The summed E-state index contributed by atoms with van der Waals surface area (Å²) in [7, 11) is 0. The number of hydrogen-bond acceptors (Lipinski definition) is 3. The summed E-state index contributed by atoms with van der Waals surface area (Å²) < 4.78 is 5.54. The molecule has 2 aromatic carbocycles. The molecule has 2 amide bonds. The first-order chi connectivity index (χ1) is 13.7. The van der Waals surface area contributed by atoms with E-state index in [1.165, 1.54) is 0 Å². The third kappa shape index (κ3) is 5.67. The average molecular weight is 380 g/mol. The summed E-state index contributed by atoms with van der Waals surface area (Å²) >= 11 is 0. The van der Waals surface area contributed by atoms with E-state index in [0.29, 0.717) is 25.9 Å². The molecule has 1 saturated heterocycles. The Morgan fingerprint density at radius 3 is 2.61 bits per heavy atom. The van der Waals surface area contributed by atoms with E-state index in [9.17, 15) is 9.59 Å². The van der Waals surface area contributed by atoms with E-state index >= 15 is 0 Å². The van der Waals surface area contributed by atoms with Crippen molar-refractivity contribution in [3.63, 3.8) is 0 Å². The van der Waals surface area contributed by atoms with Gasteiger partial charge in [-0.3, -0.25) is 9.59 Å². The molecule has 3 rings (SSSR count). The third-order valence-electron chi connectivity index (χ3n) is 4.92. The first-order valence-electron chi connectivity index (χ1n) is 9.97. The lowest BCUT2D eigenvalue weighted by Crippen LogP contribution is -2.33. The van der Waals surface area contributed by atoms with E-state index in [1.807, 2.05) is 61.5 Å². The van der Waals surface area contributed by atoms with Gasteiger partial charge in [0.1, 0.15) is 0 Å². The lowest BCUT2D eigenvalue weighted by Gasteiger charge is -2.23. The number of anilines is 1. The molecule has 1 aliphatic rings. The molecule has 0 bridgehead atoms. The molecule has 5 nitrogen and oxygen atoms in total. The maximum Gasteiger partial charge on any atom is 0.227 e. The zero-order valence-corrected chi connectivity index (χ0v) is 16.4. The summed E-state index contributed by atoms with van der Waals surface area (Å²) in [5.41, 5.74) is 2.79. The first kappa shape index (κ1) is 20.1. The highest BCUT2D eigenvalue weighted by atomic mass is 16.5. The zero-order chi connectivity index (χ0) is 19.8. The number of carbonyl (C=O) groups excluding carboxylic acids is 2. The topological polar surface area (TPSA) is 58.6 Å². The van der Waals surface area contributed by atoms with Gasteiger partial charge in [0.05, 0.1) is 19.1 Å². The second-order valence-electron chi connectivity index (χ2n) is 7.10. The highest BCUT2D eigenvalue weighted by Crippen LogP contribution is 2.20. The predicted molar refractivity (Wildman–Crippen MR) is 110 cm³/mol. The van der Waals surface area contributed by atoms with Crippen LogP contribution in [0.1, 0.15) is 37.3 Å². The summed E-state index contributed by atoms with van der Waals surface area (Å²) in [6.45, 7) is 3.73. The van der Waals surface area contributed by atoms with Crippen LogP contribution in [0.25, 0.3) is 0 Å². The van der Waals surface area contributed by atoms with Crippen LogP contribution in [0.2, 0.25) is 0 Å². The maximum atomic E-state index is 12.5. The third-order valence-corrected chi connectivity index (χ3v) is 4.92. The van der Waals surface area contributed by atoms with Gasteiger partial charge in [0.25, 0.3) is 0 Å². The second kappa shape index (κ2) is 10.0. The van der Waals surface area contributed by atoms with Crippen molar-refractivity contribution in [3.8, 4) is 0 Å². The van der Waals surface area contributed by atoms with Gasteiger partial charge in [-0.05, 0) is 36.1 Å². The number of nitrogens with one attached hydrogen (secondary N) is 1. The quantitative estimate of drug-likeness (QED) is 0.763. The van der Waals surface area contributed by atoms with Crippen molar-refractivity contribution in [1.82, 2.24) is 5.32 Å². The normalized spacial score (nSPS) is 16.0. The number of carbonyl (C=O) groups is 2. The highest BCUT2D eigenvalue weighted by Gasteiger charge is 2.17. The van der Waals surface area contributed by atoms with Crippen molar-refractivity contribution in [2.24, 2.45) is 0 Å². The Morgan fingerprint density at radius 2 is 1.89 bits per heavy atom. The van der Waals surface area contributed by atoms with Crippen LogP contribution in [-0.2, 0) is 27.3 Å². The van der Waals surface area contributed by atoms with Gasteiger partial charge < -0.3 is 15.0 Å². The zero-order valence-electron chi connectivity index (χ0n) is 16.4. The molecule has 0 aromatic heterocycles. The second-order valence-corrected chi connectivity index (χ2v) is 7.10. The van der Waals surface area contributed by atoms with Gasteiger partial charge in [-0.25, -0.2) is 0 Å². The molecule has 1 atom stereocenters. The lowest BCUT2D eigenvalue weighted by molar-refractivity contribution is -0.121. The van der Waals surface area contributed by atoms with Crippen LogP contribution in [0, 0.1) is 0 Å². The van der Waals surface area contributed by atoms with Crippen LogP contribution < -0.4 is 10.2 Å². The van der Waals surface area contributed by atoms with E-state index in [-0.39, 0.29) is 17.9 Å². The van der Waals surface area contributed by atoms with Crippen LogP contribution in [0.4, 0.5) is 5.69 Å². The SMILES string of the molecule is CCC(=O)N(Cc1ccccc1)c1cccc(CC(=O)NC[C@H]2CCCO2)c1. The number of rotatable bonds is 8.